The Labute approximate surface area is 190 Å². The Balaban J connectivity index is 1.59. The molecular weight excluding hydrogens is 430 g/mol. The van der Waals surface area contributed by atoms with Crippen molar-refractivity contribution in [3.63, 3.8) is 0 Å². The Bertz CT molecular complexity index is 1090. The fourth-order valence-corrected chi connectivity index (χ4v) is 3.26. The molecule has 0 aliphatic rings. The summed E-state index contributed by atoms with van der Waals surface area (Å²) in [7, 11) is 0. The molecule has 0 heterocycles. The molecule has 0 saturated heterocycles. The number of primary amides is 1. The molecule has 0 unspecified atom stereocenters. The van der Waals surface area contributed by atoms with Gasteiger partial charge < -0.3 is 21.1 Å². The van der Waals surface area contributed by atoms with Gasteiger partial charge in [0.05, 0.1) is 12.5 Å². The minimum Gasteiger partial charge on any atom is -0.455 e. The van der Waals surface area contributed by atoms with Crippen LogP contribution in [0.3, 0.4) is 0 Å². The molecule has 0 aromatic heterocycles. The molecule has 8 heteroatoms. The Kier molecular flexibility index (Phi) is 7.83. The number of esters is 1. The summed E-state index contributed by atoms with van der Waals surface area (Å²) in [5.74, 6) is -1.14. The van der Waals surface area contributed by atoms with Crippen molar-refractivity contribution in [2.45, 2.75) is 12.5 Å². The molecule has 164 valence electrons. The highest BCUT2D eigenvalue weighted by Crippen LogP contribution is 2.27. The number of hydrogen-bond donors (Lipinski definition) is 3. The maximum Gasteiger partial charge on any atom is 0.312 e. The number of nitrogens with one attached hydrogen (secondary N) is 2. The minimum atomic E-state index is -0.784. The number of benzene rings is 3. The Hall–Kier alpha value is -3.84. The SMILES string of the molecule is NC(=O)N[C@H](CC(=O)OCC(=O)Nc1ccccc1-c1ccccc1)c1ccc(Cl)cc1. The Morgan fingerprint density at radius 1 is 0.906 bits per heavy atom. The zero-order valence-corrected chi connectivity index (χ0v) is 17.8. The number of para-hydroxylation sites is 1. The summed E-state index contributed by atoms with van der Waals surface area (Å²) in [6, 6.07) is 22.1. The molecule has 4 N–H and O–H groups in total. The minimum absolute atomic E-state index is 0.196. The molecule has 1 atom stereocenters. The first kappa shape index (κ1) is 22.8. The predicted octanol–water partition coefficient (Wildman–Crippen LogP) is 4.29. The van der Waals surface area contributed by atoms with Crippen LogP contribution in [-0.2, 0) is 14.3 Å². The van der Waals surface area contributed by atoms with Crippen molar-refractivity contribution in [3.8, 4) is 11.1 Å². The first-order chi connectivity index (χ1) is 15.4. The number of ether oxygens (including phenoxy) is 1. The Morgan fingerprint density at radius 3 is 2.25 bits per heavy atom. The zero-order valence-electron chi connectivity index (χ0n) is 17.1. The van der Waals surface area contributed by atoms with Gasteiger partial charge in [-0.15, -0.1) is 0 Å². The molecule has 0 bridgehead atoms. The number of anilines is 1. The predicted molar refractivity (Wildman–Crippen MR) is 123 cm³/mol. The summed E-state index contributed by atoms with van der Waals surface area (Å²) in [4.78, 5) is 36.0. The number of carbonyl (C=O) groups is 3. The molecule has 3 aromatic carbocycles. The number of nitrogens with two attached hydrogens (primary N) is 1. The topological polar surface area (TPSA) is 111 Å². The highest BCUT2D eigenvalue weighted by Gasteiger charge is 2.19. The zero-order chi connectivity index (χ0) is 22.9. The van der Waals surface area contributed by atoms with Crippen LogP contribution in [0.15, 0.2) is 78.9 Å². The van der Waals surface area contributed by atoms with Gasteiger partial charge in [-0.05, 0) is 29.3 Å². The van der Waals surface area contributed by atoms with E-state index in [-0.39, 0.29) is 6.42 Å². The van der Waals surface area contributed by atoms with E-state index in [2.05, 4.69) is 10.6 Å². The quantitative estimate of drug-likeness (QED) is 0.443. The van der Waals surface area contributed by atoms with Crippen molar-refractivity contribution in [1.29, 1.82) is 0 Å². The number of amides is 3. The van der Waals surface area contributed by atoms with Crippen LogP contribution in [0.5, 0.6) is 0 Å². The van der Waals surface area contributed by atoms with Gasteiger partial charge in [0.15, 0.2) is 6.61 Å². The average molecular weight is 452 g/mol. The maximum absolute atomic E-state index is 12.4. The fourth-order valence-electron chi connectivity index (χ4n) is 3.14. The summed E-state index contributed by atoms with van der Waals surface area (Å²) in [6.45, 7) is -0.466. The molecule has 3 rings (SSSR count). The molecule has 32 heavy (non-hydrogen) atoms. The van der Waals surface area contributed by atoms with Crippen molar-refractivity contribution >= 4 is 35.2 Å². The molecule has 3 amide bonds. The lowest BCUT2D eigenvalue weighted by molar-refractivity contribution is -0.147. The molecule has 0 spiro atoms. The molecule has 3 aromatic rings. The van der Waals surface area contributed by atoms with Crippen LogP contribution in [0.1, 0.15) is 18.0 Å². The van der Waals surface area contributed by atoms with Crippen LogP contribution in [0, 0.1) is 0 Å². The maximum atomic E-state index is 12.4. The molecule has 0 aliphatic heterocycles. The standard InChI is InChI=1S/C24H22ClN3O4/c25-18-12-10-17(11-13-18)21(28-24(26)31)14-23(30)32-15-22(29)27-20-9-5-4-8-19(20)16-6-2-1-3-7-16/h1-13,21H,14-15H2,(H,27,29)(H3,26,28,31)/t21-/m1/s1. The van der Waals surface area contributed by atoms with Gasteiger partial charge in [0.25, 0.3) is 5.91 Å². The largest absolute Gasteiger partial charge is 0.455 e. The number of rotatable bonds is 8. The summed E-state index contributed by atoms with van der Waals surface area (Å²) in [6.07, 6.45) is -0.196. The van der Waals surface area contributed by atoms with E-state index in [0.717, 1.165) is 11.1 Å². The molecule has 0 aliphatic carbocycles. The van der Waals surface area contributed by atoms with Crippen molar-refractivity contribution in [3.05, 3.63) is 89.4 Å². The summed E-state index contributed by atoms with van der Waals surface area (Å²) < 4.78 is 5.11. The van der Waals surface area contributed by atoms with Gasteiger partial charge >= 0.3 is 12.0 Å². The van der Waals surface area contributed by atoms with Crippen molar-refractivity contribution < 1.29 is 19.1 Å². The number of hydrogen-bond acceptors (Lipinski definition) is 4. The second-order valence-electron chi connectivity index (χ2n) is 6.94. The summed E-state index contributed by atoms with van der Waals surface area (Å²) in [5.41, 5.74) is 8.25. The van der Waals surface area contributed by atoms with Gasteiger partial charge in [-0.1, -0.05) is 72.3 Å². The fraction of sp³-hybridized carbons (Fsp3) is 0.125. The van der Waals surface area contributed by atoms with Crippen LogP contribution < -0.4 is 16.4 Å². The Morgan fingerprint density at radius 2 is 1.56 bits per heavy atom. The second kappa shape index (κ2) is 11.0. The average Bonchev–Trinajstić information content (AvgIpc) is 2.78. The first-order valence-electron chi connectivity index (χ1n) is 9.83. The highest BCUT2D eigenvalue weighted by atomic mass is 35.5. The van der Waals surface area contributed by atoms with E-state index in [4.69, 9.17) is 22.1 Å². The molecule has 0 fully saturated rings. The van der Waals surface area contributed by atoms with E-state index in [9.17, 15) is 14.4 Å². The van der Waals surface area contributed by atoms with E-state index in [0.29, 0.717) is 16.3 Å². The van der Waals surface area contributed by atoms with Gasteiger partial charge in [-0.2, -0.15) is 0 Å². The molecule has 0 radical (unpaired) electrons. The van der Waals surface area contributed by atoms with Gasteiger partial charge in [-0.25, -0.2) is 4.79 Å². The van der Waals surface area contributed by atoms with E-state index in [1.165, 1.54) is 0 Å². The van der Waals surface area contributed by atoms with Gasteiger partial charge in [0, 0.05) is 16.3 Å². The lowest BCUT2D eigenvalue weighted by Crippen LogP contribution is -2.35. The van der Waals surface area contributed by atoms with Crippen molar-refractivity contribution in [2.24, 2.45) is 5.73 Å². The molecule has 0 saturated carbocycles. The van der Waals surface area contributed by atoms with Crippen LogP contribution in [0.2, 0.25) is 5.02 Å². The number of carbonyl (C=O) groups excluding carboxylic acids is 3. The normalized spacial score (nSPS) is 11.3. The van der Waals surface area contributed by atoms with Crippen LogP contribution in [0.25, 0.3) is 11.1 Å². The van der Waals surface area contributed by atoms with Crippen LogP contribution in [-0.4, -0.2) is 24.5 Å². The lowest BCUT2D eigenvalue weighted by atomic mass is 10.0. The molecular formula is C24H22ClN3O4. The van der Waals surface area contributed by atoms with E-state index >= 15 is 0 Å². The summed E-state index contributed by atoms with van der Waals surface area (Å²) in [5, 5.41) is 5.78. The smallest absolute Gasteiger partial charge is 0.312 e. The first-order valence-corrected chi connectivity index (χ1v) is 10.2. The number of urea groups is 1. The third-order valence-corrected chi connectivity index (χ3v) is 4.86. The summed E-state index contributed by atoms with van der Waals surface area (Å²) >= 11 is 5.88. The van der Waals surface area contributed by atoms with Crippen molar-refractivity contribution in [1.82, 2.24) is 5.32 Å². The second-order valence-corrected chi connectivity index (χ2v) is 7.37. The van der Waals surface area contributed by atoms with Crippen LogP contribution in [0.4, 0.5) is 10.5 Å². The van der Waals surface area contributed by atoms with Crippen LogP contribution >= 0.6 is 11.6 Å². The number of halogens is 1. The lowest BCUT2D eigenvalue weighted by Gasteiger charge is -2.17. The third kappa shape index (κ3) is 6.58. The van der Waals surface area contributed by atoms with Crippen molar-refractivity contribution in [2.75, 3.05) is 11.9 Å². The monoisotopic (exact) mass is 451 g/mol. The van der Waals surface area contributed by atoms with Gasteiger partial charge in [0.2, 0.25) is 0 Å². The van der Waals surface area contributed by atoms with E-state index in [1.54, 1.807) is 36.4 Å². The van der Waals surface area contributed by atoms with Gasteiger partial charge in [-0.3, -0.25) is 9.59 Å². The third-order valence-electron chi connectivity index (χ3n) is 4.61. The van der Waals surface area contributed by atoms with Gasteiger partial charge in [0.1, 0.15) is 0 Å². The highest BCUT2D eigenvalue weighted by molar-refractivity contribution is 6.30. The van der Waals surface area contributed by atoms with E-state index in [1.807, 2.05) is 42.5 Å². The van der Waals surface area contributed by atoms with E-state index < -0.39 is 30.6 Å². The molecule has 7 nitrogen and oxygen atoms in total.